The van der Waals surface area contributed by atoms with Crippen LogP contribution in [0.25, 0.3) is 10.8 Å². The van der Waals surface area contributed by atoms with Crippen LogP contribution in [-0.2, 0) is 6.54 Å². The topological polar surface area (TPSA) is 69.6 Å². The molecule has 1 fully saturated rings. The van der Waals surface area contributed by atoms with Crippen LogP contribution in [-0.4, -0.2) is 54.3 Å². The van der Waals surface area contributed by atoms with Crippen molar-refractivity contribution in [3.05, 3.63) is 70.6 Å². The van der Waals surface area contributed by atoms with Crippen molar-refractivity contribution in [3.8, 4) is 0 Å². The number of carbonyl (C=O) groups excluding carboxylic acids is 1. The van der Waals surface area contributed by atoms with Crippen molar-refractivity contribution in [1.82, 2.24) is 14.8 Å². The lowest BCUT2D eigenvalue weighted by molar-refractivity contribution is 0.224. The molecule has 1 atom stereocenters. The molecule has 7 nitrogen and oxygen atoms in total. The van der Waals surface area contributed by atoms with Gasteiger partial charge >= 0.3 is 6.03 Å². The zero-order valence-electron chi connectivity index (χ0n) is 22.0. The third-order valence-electron chi connectivity index (χ3n) is 6.79. The number of fused-ring (bicyclic) bond motifs is 1. The van der Waals surface area contributed by atoms with Gasteiger partial charge < -0.3 is 20.1 Å². The number of nitrogens with zero attached hydrogens (tertiary/aromatic N) is 3. The summed E-state index contributed by atoms with van der Waals surface area (Å²) < 4.78 is 1.69. The number of anilines is 2. The molecule has 192 valence electrons. The van der Waals surface area contributed by atoms with Crippen molar-refractivity contribution in [2.75, 3.05) is 42.9 Å². The molecule has 3 aromatic rings. The molecule has 1 aromatic heterocycles. The Morgan fingerprint density at radius 2 is 1.86 bits per heavy atom. The van der Waals surface area contributed by atoms with Gasteiger partial charge in [0.2, 0.25) is 0 Å². The highest BCUT2D eigenvalue weighted by atomic mass is 16.2. The SMILES string of the molecule is Cc1cccc(N2CCN(CCCNC(=O)Nc3cn(CC(C)C)c(=O)c4ccccc34)C[C@H]2C)c1. The number of amides is 2. The van der Waals surface area contributed by atoms with Gasteiger partial charge in [-0.1, -0.05) is 44.2 Å². The second-order valence-corrected chi connectivity index (χ2v) is 10.4. The number of carbonyl (C=O) groups is 1. The summed E-state index contributed by atoms with van der Waals surface area (Å²) in [6.45, 7) is 13.8. The van der Waals surface area contributed by atoms with E-state index in [4.69, 9.17) is 0 Å². The summed E-state index contributed by atoms with van der Waals surface area (Å²) in [5.74, 6) is 0.326. The first-order chi connectivity index (χ1) is 17.3. The highest BCUT2D eigenvalue weighted by Crippen LogP contribution is 2.22. The van der Waals surface area contributed by atoms with Crippen molar-refractivity contribution >= 4 is 28.2 Å². The Kier molecular flexibility index (Phi) is 8.31. The van der Waals surface area contributed by atoms with Gasteiger partial charge in [0.15, 0.2) is 0 Å². The van der Waals surface area contributed by atoms with E-state index in [0.717, 1.165) is 38.0 Å². The number of aromatic nitrogens is 1. The largest absolute Gasteiger partial charge is 0.366 e. The predicted octanol–water partition coefficient (Wildman–Crippen LogP) is 4.69. The normalized spacial score (nSPS) is 16.5. The lowest BCUT2D eigenvalue weighted by Crippen LogP contribution is -2.52. The van der Waals surface area contributed by atoms with E-state index >= 15 is 0 Å². The molecule has 0 radical (unpaired) electrons. The molecule has 0 saturated carbocycles. The van der Waals surface area contributed by atoms with E-state index < -0.39 is 0 Å². The zero-order chi connectivity index (χ0) is 25.7. The van der Waals surface area contributed by atoms with Crippen LogP contribution in [0, 0.1) is 12.8 Å². The minimum atomic E-state index is -0.243. The predicted molar refractivity (Wildman–Crippen MR) is 149 cm³/mol. The van der Waals surface area contributed by atoms with Crippen molar-refractivity contribution in [2.24, 2.45) is 5.92 Å². The summed E-state index contributed by atoms with van der Waals surface area (Å²) in [6, 6.07) is 16.4. The van der Waals surface area contributed by atoms with Crippen molar-refractivity contribution in [3.63, 3.8) is 0 Å². The van der Waals surface area contributed by atoms with Crippen LogP contribution < -0.4 is 21.1 Å². The Morgan fingerprint density at radius 1 is 1.08 bits per heavy atom. The van der Waals surface area contributed by atoms with Crippen LogP contribution in [0.4, 0.5) is 16.2 Å². The number of benzene rings is 2. The molecule has 1 aliphatic rings. The van der Waals surface area contributed by atoms with E-state index in [9.17, 15) is 9.59 Å². The lowest BCUT2D eigenvalue weighted by Gasteiger charge is -2.41. The maximum absolute atomic E-state index is 12.8. The number of aryl methyl sites for hydroxylation is 1. The summed E-state index contributed by atoms with van der Waals surface area (Å²) >= 11 is 0. The Bertz CT molecular complexity index is 1250. The quantitative estimate of drug-likeness (QED) is 0.451. The molecule has 1 aliphatic heterocycles. The monoisotopic (exact) mass is 489 g/mol. The molecule has 2 aromatic carbocycles. The van der Waals surface area contributed by atoms with E-state index in [2.05, 4.69) is 72.4 Å². The highest BCUT2D eigenvalue weighted by molar-refractivity contribution is 6.00. The second kappa shape index (κ2) is 11.6. The van der Waals surface area contributed by atoms with Crippen LogP contribution >= 0.6 is 0 Å². The van der Waals surface area contributed by atoms with E-state index in [1.165, 1.54) is 11.3 Å². The second-order valence-electron chi connectivity index (χ2n) is 10.4. The molecule has 7 heteroatoms. The number of urea groups is 1. The smallest absolute Gasteiger partial charge is 0.319 e. The number of hydrogen-bond donors (Lipinski definition) is 2. The van der Waals surface area contributed by atoms with Crippen molar-refractivity contribution < 1.29 is 4.79 Å². The van der Waals surface area contributed by atoms with E-state index in [1.54, 1.807) is 10.8 Å². The molecule has 0 bridgehead atoms. The Labute approximate surface area is 214 Å². The van der Waals surface area contributed by atoms with Gasteiger partial charge in [-0.05, 0) is 56.5 Å². The minimum Gasteiger partial charge on any atom is -0.366 e. The van der Waals surface area contributed by atoms with Crippen LogP contribution in [0.5, 0.6) is 0 Å². The van der Waals surface area contributed by atoms with Gasteiger partial charge in [0, 0.05) is 61.4 Å². The molecular weight excluding hydrogens is 450 g/mol. The van der Waals surface area contributed by atoms with Crippen molar-refractivity contribution in [1.29, 1.82) is 0 Å². The van der Waals surface area contributed by atoms with Gasteiger partial charge in [0.25, 0.3) is 5.56 Å². The van der Waals surface area contributed by atoms with Crippen LogP contribution in [0.15, 0.2) is 59.5 Å². The number of rotatable bonds is 8. The minimum absolute atomic E-state index is 0.0259. The number of pyridine rings is 1. The summed E-state index contributed by atoms with van der Waals surface area (Å²) in [7, 11) is 0. The fourth-order valence-electron chi connectivity index (χ4n) is 5.07. The van der Waals surface area contributed by atoms with Gasteiger partial charge in [0.05, 0.1) is 5.69 Å². The lowest BCUT2D eigenvalue weighted by atomic mass is 10.1. The molecule has 0 aliphatic carbocycles. The molecule has 0 spiro atoms. The van der Waals surface area contributed by atoms with E-state index in [1.807, 2.05) is 24.3 Å². The van der Waals surface area contributed by atoms with Crippen LogP contribution in [0.3, 0.4) is 0 Å². The summed E-state index contributed by atoms with van der Waals surface area (Å²) in [6.07, 6.45) is 2.65. The first kappa shape index (κ1) is 25.8. The van der Waals surface area contributed by atoms with E-state index in [0.29, 0.717) is 36.1 Å². The fourth-order valence-corrected chi connectivity index (χ4v) is 5.07. The maximum Gasteiger partial charge on any atom is 0.319 e. The third kappa shape index (κ3) is 6.26. The maximum atomic E-state index is 12.8. The summed E-state index contributed by atoms with van der Waals surface area (Å²) in [4.78, 5) is 30.5. The van der Waals surface area contributed by atoms with Gasteiger partial charge in [-0.25, -0.2) is 4.79 Å². The fraction of sp³-hybridized carbons (Fsp3) is 0.448. The van der Waals surface area contributed by atoms with Crippen LogP contribution in [0.2, 0.25) is 0 Å². The summed E-state index contributed by atoms with van der Waals surface area (Å²) in [5.41, 5.74) is 3.22. The zero-order valence-corrected chi connectivity index (χ0v) is 22.0. The number of nitrogens with one attached hydrogen (secondary N) is 2. The molecule has 2 N–H and O–H groups in total. The van der Waals surface area contributed by atoms with Gasteiger partial charge in [0.1, 0.15) is 0 Å². The summed E-state index contributed by atoms with van der Waals surface area (Å²) in [5, 5.41) is 7.34. The molecular formula is C29H39N5O2. The standard InChI is InChI=1S/C29H39N5O2/c1-21(2)18-33-20-27(25-11-5-6-12-26(25)28(33)35)31-29(36)30-13-8-14-32-15-16-34(23(4)19-32)24-10-7-9-22(3)17-24/h5-7,9-12,17,20-21,23H,8,13-16,18-19H2,1-4H3,(H2,30,31,36)/t23-/m1/s1. The molecule has 2 heterocycles. The average Bonchev–Trinajstić information content (AvgIpc) is 2.84. The molecule has 1 saturated heterocycles. The third-order valence-corrected chi connectivity index (χ3v) is 6.79. The van der Waals surface area contributed by atoms with Crippen molar-refractivity contribution in [2.45, 2.75) is 46.7 Å². The first-order valence-corrected chi connectivity index (χ1v) is 13.0. The Morgan fingerprint density at radius 3 is 2.58 bits per heavy atom. The Hall–Kier alpha value is -3.32. The van der Waals surface area contributed by atoms with Gasteiger partial charge in [-0.3, -0.25) is 9.69 Å². The van der Waals surface area contributed by atoms with E-state index in [-0.39, 0.29) is 11.6 Å². The molecule has 36 heavy (non-hydrogen) atoms. The number of hydrogen-bond acceptors (Lipinski definition) is 4. The Balaban J connectivity index is 1.28. The first-order valence-electron chi connectivity index (χ1n) is 13.0. The van der Waals surface area contributed by atoms with Crippen LogP contribution in [0.1, 0.15) is 32.8 Å². The van der Waals surface area contributed by atoms with Gasteiger partial charge in [-0.2, -0.15) is 0 Å². The van der Waals surface area contributed by atoms with Gasteiger partial charge in [-0.15, -0.1) is 0 Å². The highest BCUT2D eigenvalue weighted by Gasteiger charge is 2.23. The number of piperazine rings is 1. The average molecular weight is 490 g/mol. The molecule has 0 unspecified atom stereocenters. The molecule has 2 amide bonds. The molecule has 4 rings (SSSR count).